The molecular formula is C22H28N2O4. The van der Waals surface area contributed by atoms with Gasteiger partial charge in [-0.3, -0.25) is 9.59 Å². The van der Waals surface area contributed by atoms with Crippen LogP contribution in [-0.2, 0) is 11.3 Å². The van der Waals surface area contributed by atoms with Crippen LogP contribution in [0.2, 0.25) is 0 Å². The molecule has 0 aliphatic carbocycles. The first kappa shape index (κ1) is 21.4. The molecular weight excluding hydrogens is 356 g/mol. The molecule has 0 aliphatic heterocycles. The molecule has 0 bridgehead atoms. The molecule has 6 nitrogen and oxygen atoms in total. The predicted molar refractivity (Wildman–Crippen MR) is 108 cm³/mol. The first-order chi connectivity index (χ1) is 13.3. The molecule has 1 N–H and O–H groups in total. The number of ketones is 1. The number of nitrogens with zero attached hydrogens (tertiary/aromatic N) is 1. The number of pyridine rings is 1. The van der Waals surface area contributed by atoms with Gasteiger partial charge in [0.1, 0.15) is 5.75 Å². The van der Waals surface area contributed by atoms with E-state index in [4.69, 9.17) is 9.47 Å². The van der Waals surface area contributed by atoms with Crippen molar-refractivity contribution in [2.24, 2.45) is 5.92 Å². The molecule has 2 aromatic rings. The Hall–Kier alpha value is -2.89. The predicted octanol–water partition coefficient (Wildman–Crippen LogP) is 3.79. The lowest BCUT2D eigenvalue weighted by Gasteiger charge is -2.16. The van der Waals surface area contributed by atoms with Gasteiger partial charge in [-0.05, 0) is 49.9 Å². The summed E-state index contributed by atoms with van der Waals surface area (Å²) >= 11 is 0. The molecule has 28 heavy (non-hydrogen) atoms. The average Bonchev–Trinajstić information content (AvgIpc) is 2.64. The Kier molecular flexibility index (Phi) is 7.99. The van der Waals surface area contributed by atoms with Crippen LogP contribution >= 0.6 is 0 Å². The third-order valence-corrected chi connectivity index (χ3v) is 4.02. The molecule has 0 radical (unpaired) electrons. The van der Waals surface area contributed by atoms with Crippen molar-refractivity contribution in [2.45, 2.75) is 46.8 Å². The number of hydrogen-bond acceptors (Lipinski definition) is 5. The van der Waals surface area contributed by atoms with Crippen LogP contribution in [0.5, 0.6) is 11.6 Å². The van der Waals surface area contributed by atoms with Gasteiger partial charge in [-0.2, -0.15) is 0 Å². The number of benzene rings is 1. The number of aromatic nitrogens is 1. The fourth-order valence-electron chi connectivity index (χ4n) is 2.75. The van der Waals surface area contributed by atoms with Crippen LogP contribution in [0.15, 0.2) is 42.6 Å². The lowest BCUT2D eigenvalue weighted by atomic mass is 10.1. The third kappa shape index (κ3) is 7.39. The van der Waals surface area contributed by atoms with Crippen molar-refractivity contribution in [2.75, 3.05) is 6.61 Å². The van der Waals surface area contributed by atoms with Crippen LogP contribution in [0.25, 0.3) is 0 Å². The van der Waals surface area contributed by atoms with Crippen molar-refractivity contribution in [1.82, 2.24) is 10.3 Å². The molecule has 0 aliphatic rings. The first-order valence-electron chi connectivity index (χ1n) is 9.45. The van der Waals surface area contributed by atoms with E-state index in [-0.39, 0.29) is 24.4 Å². The van der Waals surface area contributed by atoms with E-state index in [9.17, 15) is 9.59 Å². The molecule has 6 heteroatoms. The zero-order valence-corrected chi connectivity index (χ0v) is 16.9. The molecule has 150 valence electrons. The Labute approximate surface area is 166 Å². The van der Waals surface area contributed by atoms with Crippen LogP contribution in [0.3, 0.4) is 0 Å². The summed E-state index contributed by atoms with van der Waals surface area (Å²) in [6.45, 7) is 8.04. The van der Waals surface area contributed by atoms with Crippen LogP contribution in [-0.4, -0.2) is 29.4 Å². The highest BCUT2D eigenvalue weighted by molar-refractivity contribution is 5.94. The summed E-state index contributed by atoms with van der Waals surface area (Å²) in [6, 6.07) is 10.4. The molecule has 1 atom stereocenters. The van der Waals surface area contributed by atoms with Crippen LogP contribution in [0.1, 0.15) is 50.0 Å². The lowest BCUT2D eigenvalue weighted by Crippen LogP contribution is -2.28. The number of nitrogens with one attached hydrogen (secondary N) is 1. The minimum absolute atomic E-state index is 0.0478. The summed E-state index contributed by atoms with van der Waals surface area (Å²) in [7, 11) is 0. The van der Waals surface area contributed by atoms with Crippen molar-refractivity contribution in [3.8, 4) is 11.6 Å². The molecule has 1 unspecified atom stereocenters. The molecule has 0 spiro atoms. The first-order valence-corrected chi connectivity index (χ1v) is 9.45. The highest BCUT2D eigenvalue weighted by Gasteiger charge is 2.09. The minimum atomic E-state index is -0.249. The zero-order valence-electron chi connectivity index (χ0n) is 16.9. The number of carbonyl (C=O) groups excluding carboxylic acids is 2. The standard InChI is InChI=1S/C22H28N2O4/c1-15(2)10-16(3)28-22-11-18(8-9-23-22)13-24-21(26)14-27-20-7-5-6-19(12-20)17(4)25/h5-9,11-12,15-16H,10,13-14H2,1-4H3,(H,24,26). The van der Waals surface area contributed by atoms with E-state index in [2.05, 4.69) is 24.1 Å². The van der Waals surface area contributed by atoms with E-state index in [1.54, 1.807) is 30.5 Å². The number of amides is 1. The molecule has 1 heterocycles. The Bertz CT molecular complexity index is 805. The fraction of sp³-hybridized carbons (Fsp3) is 0.409. The van der Waals surface area contributed by atoms with Gasteiger partial charge in [-0.25, -0.2) is 4.98 Å². The Morgan fingerprint density at radius 2 is 1.93 bits per heavy atom. The largest absolute Gasteiger partial charge is 0.484 e. The van der Waals surface area contributed by atoms with Gasteiger partial charge in [-0.15, -0.1) is 0 Å². The van der Waals surface area contributed by atoms with Crippen LogP contribution in [0, 0.1) is 5.92 Å². The molecule has 0 saturated carbocycles. The van der Waals surface area contributed by atoms with E-state index in [1.807, 2.05) is 19.1 Å². The number of Topliss-reactive ketones (excluding diaryl/α,β-unsaturated/α-hetero) is 1. The second-order valence-electron chi connectivity index (χ2n) is 7.21. The molecule has 1 aromatic carbocycles. The summed E-state index contributed by atoms with van der Waals surface area (Å²) in [5.41, 5.74) is 1.45. The SMILES string of the molecule is CC(=O)c1cccc(OCC(=O)NCc2ccnc(OC(C)CC(C)C)c2)c1. The smallest absolute Gasteiger partial charge is 0.258 e. The van der Waals surface area contributed by atoms with Gasteiger partial charge in [0.05, 0.1) is 6.10 Å². The van der Waals surface area contributed by atoms with E-state index in [0.717, 1.165) is 12.0 Å². The number of carbonyl (C=O) groups is 2. The van der Waals surface area contributed by atoms with E-state index >= 15 is 0 Å². The Balaban J connectivity index is 1.81. The highest BCUT2D eigenvalue weighted by atomic mass is 16.5. The summed E-state index contributed by atoms with van der Waals surface area (Å²) in [5, 5.41) is 2.81. The zero-order chi connectivity index (χ0) is 20.5. The summed E-state index contributed by atoms with van der Waals surface area (Å²) < 4.78 is 11.3. The van der Waals surface area contributed by atoms with Gasteiger partial charge in [0.15, 0.2) is 12.4 Å². The normalized spacial score (nSPS) is 11.8. The van der Waals surface area contributed by atoms with Gasteiger partial charge in [-0.1, -0.05) is 26.0 Å². The second-order valence-corrected chi connectivity index (χ2v) is 7.21. The van der Waals surface area contributed by atoms with Gasteiger partial charge in [0, 0.05) is 24.4 Å². The molecule has 0 saturated heterocycles. The minimum Gasteiger partial charge on any atom is -0.484 e. The molecule has 1 aromatic heterocycles. The number of hydrogen-bond donors (Lipinski definition) is 1. The van der Waals surface area contributed by atoms with Gasteiger partial charge >= 0.3 is 0 Å². The highest BCUT2D eigenvalue weighted by Crippen LogP contribution is 2.15. The molecule has 2 rings (SSSR count). The maximum Gasteiger partial charge on any atom is 0.258 e. The quantitative estimate of drug-likeness (QED) is 0.631. The van der Waals surface area contributed by atoms with E-state index in [0.29, 0.717) is 29.7 Å². The summed E-state index contributed by atoms with van der Waals surface area (Å²) in [4.78, 5) is 27.7. The van der Waals surface area contributed by atoms with E-state index < -0.39 is 0 Å². The van der Waals surface area contributed by atoms with Crippen LogP contribution < -0.4 is 14.8 Å². The van der Waals surface area contributed by atoms with E-state index in [1.165, 1.54) is 6.92 Å². The van der Waals surface area contributed by atoms with Gasteiger partial charge in [0.2, 0.25) is 5.88 Å². The van der Waals surface area contributed by atoms with Crippen molar-refractivity contribution in [3.05, 3.63) is 53.7 Å². The molecule has 1 amide bonds. The third-order valence-electron chi connectivity index (χ3n) is 4.02. The Morgan fingerprint density at radius 3 is 2.64 bits per heavy atom. The fourth-order valence-corrected chi connectivity index (χ4v) is 2.75. The second kappa shape index (κ2) is 10.4. The van der Waals surface area contributed by atoms with Crippen molar-refractivity contribution in [3.63, 3.8) is 0 Å². The van der Waals surface area contributed by atoms with Crippen molar-refractivity contribution < 1.29 is 19.1 Å². The average molecular weight is 384 g/mol. The monoisotopic (exact) mass is 384 g/mol. The van der Waals surface area contributed by atoms with Gasteiger partial charge < -0.3 is 14.8 Å². The number of ether oxygens (including phenoxy) is 2. The maximum absolute atomic E-state index is 12.0. The van der Waals surface area contributed by atoms with Gasteiger partial charge in [0.25, 0.3) is 5.91 Å². The Morgan fingerprint density at radius 1 is 1.14 bits per heavy atom. The summed E-state index contributed by atoms with van der Waals surface area (Å²) in [5.74, 6) is 1.29. The summed E-state index contributed by atoms with van der Waals surface area (Å²) in [6.07, 6.45) is 2.70. The van der Waals surface area contributed by atoms with Crippen molar-refractivity contribution in [1.29, 1.82) is 0 Å². The topological polar surface area (TPSA) is 77.5 Å². The maximum atomic E-state index is 12.0. The van der Waals surface area contributed by atoms with Crippen molar-refractivity contribution >= 4 is 11.7 Å². The number of rotatable bonds is 10. The van der Waals surface area contributed by atoms with Crippen LogP contribution in [0.4, 0.5) is 0 Å². The molecule has 0 fully saturated rings. The lowest BCUT2D eigenvalue weighted by molar-refractivity contribution is -0.123.